The lowest BCUT2D eigenvalue weighted by atomic mass is 9.92. The fourth-order valence-corrected chi connectivity index (χ4v) is 3.17. The number of amides is 1. The lowest BCUT2D eigenvalue weighted by Gasteiger charge is -2.34. The van der Waals surface area contributed by atoms with Gasteiger partial charge >= 0.3 is 0 Å². The molecule has 1 heterocycles. The van der Waals surface area contributed by atoms with Gasteiger partial charge in [-0.15, -0.1) is 0 Å². The van der Waals surface area contributed by atoms with Gasteiger partial charge in [-0.25, -0.2) is 0 Å². The fourth-order valence-electron chi connectivity index (χ4n) is 3.17. The topological polar surface area (TPSA) is 63.5 Å². The van der Waals surface area contributed by atoms with Crippen molar-refractivity contribution in [2.45, 2.75) is 26.2 Å². The second kappa shape index (κ2) is 7.30. The number of carbonyl (C=O) groups is 1. The van der Waals surface area contributed by atoms with Crippen LogP contribution in [-0.4, -0.2) is 61.0 Å². The third kappa shape index (κ3) is 4.77. The third-order valence-corrected chi connectivity index (χ3v) is 4.76. The highest BCUT2D eigenvalue weighted by Crippen LogP contribution is 2.24. The predicted octanol–water partition coefficient (Wildman–Crippen LogP) is 2.85. The Morgan fingerprint density at radius 2 is 1.92 bits per heavy atom. The summed E-state index contributed by atoms with van der Waals surface area (Å²) in [7, 11) is 6.61. The highest BCUT2D eigenvalue weighted by Gasteiger charge is 2.26. The van der Waals surface area contributed by atoms with Gasteiger partial charge in [0.1, 0.15) is 0 Å². The van der Waals surface area contributed by atoms with Crippen molar-refractivity contribution in [3.63, 3.8) is 0 Å². The maximum absolute atomic E-state index is 12.7. The molecular weight excluding hydrogens is 306 g/mol. The van der Waals surface area contributed by atoms with E-state index in [4.69, 9.17) is 0 Å². The zero-order valence-corrected chi connectivity index (χ0v) is 15.1. The molecule has 0 saturated carbocycles. The number of rotatable bonds is 5. The van der Waals surface area contributed by atoms with Gasteiger partial charge in [-0.3, -0.25) is 14.9 Å². The van der Waals surface area contributed by atoms with Crippen LogP contribution in [0.25, 0.3) is 0 Å². The van der Waals surface area contributed by atoms with Crippen molar-refractivity contribution < 1.29 is 14.2 Å². The number of nitro groups is 1. The standard InChI is InChI=1S/C18H28N3O3/c1-14-13-16(20(23)24)5-6-17(14)18(22)19-10-7-15(8-11-19)9-12-21(2,3)4/h5-6,13,15H,7-12H2,1-4H3/q+1. The molecule has 24 heavy (non-hydrogen) atoms. The van der Waals surface area contributed by atoms with E-state index >= 15 is 0 Å². The van der Waals surface area contributed by atoms with Crippen molar-refractivity contribution in [2.24, 2.45) is 5.92 Å². The molecule has 132 valence electrons. The maximum atomic E-state index is 12.7. The van der Waals surface area contributed by atoms with Crippen LogP contribution < -0.4 is 0 Å². The van der Waals surface area contributed by atoms with Crippen molar-refractivity contribution in [3.8, 4) is 0 Å². The molecule has 0 N–H and O–H groups in total. The zero-order valence-electron chi connectivity index (χ0n) is 15.1. The first-order valence-electron chi connectivity index (χ1n) is 8.52. The number of non-ortho nitro benzene ring substituents is 1. The highest BCUT2D eigenvalue weighted by atomic mass is 16.6. The summed E-state index contributed by atoms with van der Waals surface area (Å²) in [6.45, 7) is 4.46. The smallest absolute Gasteiger partial charge is 0.269 e. The molecule has 6 heteroatoms. The van der Waals surface area contributed by atoms with Gasteiger partial charge in [-0.05, 0) is 43.7 Å². The molecule has 1 aromatic carbocycles. The van der Waals surface area contributed by atoms with Crippen LogP contribution in [0.3, 0.4) is 0 Å². The van der Waals surface area contributed by atoms with E-state index in [9.17, 15) is 14.9 Å². The van der Waals surface area contributed by atoms with Crippen LogP contribution in [0.1, 0.15) is 35.2 Å². The van der Waals surface area contributed by atoms with Crippen LogP contribution >= 0.6 is 0 Å². The largest absolute Gasteiger partial charge is 0.339 e. The quantitative estimate of drug-likeness (QED) is 0.472. The van der Waals surface area contributed by atoms with Crippen LogP contribution in [0.15, 0.2) is 18.2 Å². The van der Waals surface area contributed by atoms with Crippen molar-refractivity contribution in [1.29, 1.82) is 0 Å². The number of hydrogen-bond donors (Lipinski definition) is 0. The predicted molar refractivity (Wildman–Crippen MR) is 94.0 cm³/mol. The van der Waals surface area contributed by atoms with Gasteiger partial charge in [0.25, 0.3) is 11.6 Å². The summed E-state index contributed by atoms with van der Waals surface area (Å²) in [5, 5.41) is 10.8. The summed E-state index contributed by atoms with van der Waals surface area (Å²) in [4.78, 5) is 24.9. The Balaban J connectivity index is 1.94. The number of benzene rings is 1. The molecule has 1 aliphatic heterocycles. The van der Waals surface area contributed by atoms with Gasteiger partial charge in [0.2, 0.25) is 0 Å². The van der Waals surface area contributed by atoms with Crippen molar-refractivity contribution in [2.75, 3.05) is 40.8 Å². The van der Waals surface area contributed by atoms with Gasteiger partial charge in [0.15, 0.2) is 0 Å². The first-order valence-corrected chi connectivity index (χ1v) is 8.52. The number of likely N-dealkylation sites (tertiary alicyclic amines) is 1. The number of nitro benzene ring substituents is 1. The van der Waals surface area contributed by atoms with Crippen molar-refractivity contribution in [3.05, 3.63) is 39.4 Å². The summed E-state index contributed by atoms with van der Waals surface area (Å²) in [5.74, 6) is 0.678. The van der Waals surface area contributed by atoms with Gasteiger partial charge < -0.3 is 9.38 Å². The average molecular weight is 334 g/mol. The molecule has 1 amide bonds. The lowest BCUT2D eigenvalue weighted by Crippen LogP contribution is -2.41. The number of quaternary nitrogens is 1. The molecule has 0 aliphatic carbocycles. The molecule has 0 spiro atoms. The molecule has 0 unspecified atom stereocenters. The van der Waals surface area contributed by atoms with E-state index in [1.54, 1.807) is 13.0 Å². The minimum absolute atomic E-state index is 0.00699. The van der Waals surface area contributed by atoms with Crippen LogP contribution in [0.5, 0.6) is 0 Å². The zero-order chi connectivity index (χ0) is 17.9. The minimum atomic E-state index is -0.430. The molecule has 0 radical (unpaired) electrons. The van der Waals surface area contributed by atoms with Crippen molar-refractivity contribution in [1.82, 2.24) is 4.90 Å². The van der Waals surface area contributed by atoms with Crippen LogP contribution in [0.4, 0.5) is 5.69 Å². The maximum Gasteiger partial charge on any atom is 0.269 e. The van der Waals surface area contributed by atoms with E-state index in [0.29, 0.717) is 17.0 Å². The molecule has 0 aromatic heterocycles. The first-order chi connectivity index (χ1) is 11.2. The number of piperidine rings is 1. The normalized spacial score (nSPS) is 16.2. The first kappa shape index (κ1) is 18.4. The summed E-state index contributed by atoms with van der Waals surface area (Å²) in [5.41, 5.74) is 1.27. The Morgan fingerprint density at radius 3 is 2.42 bits per heavy atom. The molecule has 1 aliphatic rings. The Morgan fingerprint density at radius 1 is 1.29 bits per heavy atom. The van der Waals surface area contributed by atoms with Crippen LogP contribution in [0.2, 0.25) is 0 Å². The number of carbonyl (C=O) groups excluding carboxylic acids is 1. The van der Waals surface area contributed by atoms with Gasteiger partial charge in [0, 0.05) is 30.8 Å². The molecule has 2 rings (SSSR count). The van der Waals surface area contributed by atoms with Gasteiger partial charge in [-0.2, -0.15) is 0 Å². The summed E-state index contributed by atoms with van der Waals surface area (Å²) < 4.78 is 0.973. The Hall–Kier alpha value is -1.95. The Bertz CT molecular complexity index is 614. The molecule has 1 saturated heterocycles. The second-order valence-electron chi connectivity index (χ2n) is 7.79. The van der Waals surface area contributed by atoms with E-state index in [2.05, 4.69) is 21.1 Å². The second-order valence-corrected chi connectivity index (χ2v) is 7.79. The van der Waals surface area contributed by atoms with E-state index in [0.717, 1.165) is 37.0 Å². The minimum Gasteiger partial charge on any atom is -0.339 e. The van der Waals surface area contributed by atoms with Crippen LogP contribution in [0, 0.1) is 23.0 Å². The van der Waals surface area contributed by atoms with E-state index < -0.39 is 4.92 Å². The molecular formula is C18H28N3O3+. The Kier molecular flexibility index (Phi) is 5.59. The molecule has 6 nitrogen and oxygen atoms in total. The van der Waals surface area contributed by atoms with E-state index in [1.807, 2.05) is 4.90 Å². The van der Waals surface area contributed by atoms with E-state index in [-0.39, 0.29) is 11.6 Å². The number of aryl methyl sites for hydroxylation is 1. The monoisotopic (exact) mass is 334 g/mol. The fraction of sp³-hybridized carbons (Fsp3) is 0.611. The van der Waals surface area contributed by atoms with Gasteiger partial charge in [-0.1, -0.05) is 0 Å². The average Bonchev–Trinajstić information content (AvgIpc) is 2.52. The summed E-state index contributed by atoms with van der Waals surface area (Å²) in [6, 6.07) is 4.47. The molecule has 1 fully saturated rings. The molecule has 0 bridgehead atoms. The summed E-state index contributed by atoms with van der Waals surface area (Å²) >= 11 is 0. The SMILES string of the molecule is Cc1cc([N+](=O)[O-])ccc1C(=O)N1CCC(CC[N+](C)(C)C)CC1. The van der Waals surface area contributed by atoms with Gasteiger partial charge in [0.05, 0.1) is 32.6 Å². The van der Waals surface area contributed by atoms with Crippen LogP contribution in [-0.2, 0) is 0 Å². The van der Waals surface area contributed by atoms with Crippen molar-refractivity contribution >= 4 is 11.6 Å². The number of nitrogens with zero attached hydrogens (tertiary/aromatic N) is 3. The van der Waals surface area contributed by atoms with E-state index in [1.165, 1.54) is 18.6 Å². The Labute approximate surface area is 143 Å². The summed E-state index contributed by atoms with van der Waals surface area (Å²) in [6.07, 6.45) is 3.28. The lowest BCUT2D eigenvalue weighted by molar-refractivity contribution is -0.871. The molecule has 0 atom stereocenters. The third-order valence-electron chi connectivity index (χ3n) is 4.76. The number of hydrogen-bond acceptors (Lipinski definition) is 3. The molecule has 1 aromatic rings. The highest BCUT2D eigenvalue weighted by molar-refractivity contribution is 5.96.